The SMILES string of the molecule is COc1cc(CO)c(OCc2cc(F)ccc2F)c(CO)c1. The molecule has 0 amide bonds. The Balaban J connectivity index is 2.30. The fourth-order valence-corrected chi connectivity index (χ4v) is 2.06. The molecule has 0 unspecified atom stereocenters. The Morgan fingerprint density at radius 3 is 2.14 bits per heavy atom. The van der Waals surface area contributed by atoms with Gasteiger partial charge in [-0.25, -0.2) is 8.78 Å². The van der Waals surface area contributed by atoms with Crippen LogP contribution < -0.4 is 9.47 Å². The molecule has 0 aliphatic rings. The van der Waals surface area contributed by atoms with Crippen molar-refractivity contribution >= 4 is 0 Å². The summed E-state index contributed by atoms with van der Waals surface area (Å²) in [6, 6.07) is 6.18. The molecule has 0 saturated heterocycles. The lowest BCUT2D eigenvalue weighted by molar-refractivity contribution is 0.239. The molecular weight excluding hydrogens is 294 g/mol. The lowest BCUT2D eigenvalue weighted by atomic mass is 10.1. The molecule has 22 heavy (non-hydrogen) atoms. The highest BCUT2D eigenvalue weighted by Crippen LogP contribution is 2.30. The van der Waals surface area contributed by atoms with Crippen LogP contribution in [0.1, 0.15) is 16.7 Å². The first-order chi connectivity index (χ1) is 10.6. The van der Waals surface area contributed by atoms with E-state index in [4.69, 9.17) is 9.47 Å². The second-order valence-corrected chi connectivity index (χ2v) is 4.62. The number of benzene rings is 2. The van der Waals surface area contributed by atoms with Crippen LogP contribution in [0.2, 0.25) is 0 Å². The third kappa shape index (κ3) is 3.52. The molecule has 0 heterocycles. The van der Waals surface area contributed by atoms with E-state index >= 15 is 0 Å². The van der Waals surface area contributed by atoms with E-state index in [-0.39, 0.29) is 31.1 Å². The van der Waals surface area contributed by atoms with Gasteiger partial charge in [0.15, 0.2) is 0 Å². The third-order valence-corrected chi connectivity index (χ3v) is 3.17. The minimum Gasteiger partial charge on any atom is -0.497 e. The largest absolute Gasteiger partial charge is 0.497 e. The minimum absolute atomic E-state index is 0.0450. The Morgan fingerprint density at radius 2 is 1.59 bits per heavy atom. The molecule has 0 aliphatic heterocycles. The lowest BCUT2D eigenvalue weighted by Gasteiger charge is -2.16. The van der Waals surface area contributed by atoms with E-state index in [1.165, 1.54) is 7.11 Å². The fraction of sp³-hybridized carbons (Fsp3) is 0.250. The van der Waals surface area contributed by atoms with Gasteiger partial charge in [-0.3, -0.25) is 0 Å². The van der Waals surface area contributed by atoms with Gasteiger partial charge >= 0.3 is 0 Å². The maximum absolute atomic E-state index is 13.6. The number of ether oxygens (including phenoxy) is 2. The van der Waals surface area contributed by atoms with Crippen molar-refractivity contribution in [1.29, 1.82) is 0 Å². The molecule has 2 aromatic rings. The van der Waals surface area contributed by atoms with Crippen LogP contribution in [0.15, 0.2) is 30.3 Å². The number of hydrogen-bond donors (Lipinski definition) is 2. The maximum atomic E-state index is 13.6. The first-order valence-electron chi connectivity index (χ1n) is 6.57. The molecule has 0 bridgehead atoms. The van der Waals surface area contributed by atoms with Gasteiger partial charge in [0.05, 0.1) is 20.3 Å². The molecule has 0 aromatic heterocycles. The molecule has 2 aromatic carbocycles. The number of rotatable bonds is 6. The van der Waals surface area contributed by atoms with Crippen molar-refractivity contribution in [2.24, 2.45) is 0 Å². The molecule has 0 radical (unpaired) electrons. The van der Waals surface area contributed by atoms with Crippen LogP contribution in [0.5, 0.6) is 11.5 Å². The van der Waals surface area contributed by atoms with E-state index in [0.29, 0.717) is 16.9 Å². The molecule has 0 fully saturated rings. The number of hydrogen-bond acceptors (Lipinski definition) is 4. The van der Waals surface area contributed by atoms with Crippen molar-refractivity contribution in [1.82, 2.24) is 0 Å². The van der Waals surface area contributed by atoms with E-state index < -0.39 is 11.6 Å². The normalized spacial score (nSPS) is 10.6. The van der Waals surface area contributed by atoms with Gasteiger partial charge in [0.1, 0.15) is 29.7 Å². The number of aliphatic hydroxyl groups excluding tert-OH is 2. The topological polar surface area (TPSA) is 58.9 Å². The van der Waals surface area contributed by atoms with Gasteiger partial charge in [-0.15, -0.1) is 0 Å². The lowest BCUT2D eigenvalue weighted by Crippen LogP contribution is -2.05. The van der Waals surface area contributed by atoms with Gasteiger partial charge in [-0.1, -0.05) is 0 Å². The zero-order valence-corrected chi connectivity index (χ0v) is 12.0. The molecule has 6 heteroatoms. The van der Waals surface area contributed by atoms with Gasteiger partial charge in [-0.2, -0.15) is 0 Å². The number of halogens is 2. The van der Waals surface area contributed by atoms with Gasteiger partial charge in [0.25, 0.3) is 0 Å². The first-order valence-corrected chi connectivity index (χ1v) is 6.57. The van der Waals surface area contributed by atoms with E-state index in [0.717, 1.165) is 18.2 Å². The summed E-state index contributed by atoms with van der Waals surface area (Å²) in [5, 5.41) is 18.8. The van der Waals surface area contributed by atoms with Crippen molar-refractivity contribution in [2.45, 2.75) is 19.8 Å². The summed E-state index contributed by atoms with van der Waals surface area (Å²) in [6.07, 6.45) is 0. The van der Waals surface area contributed by atoms with Gasteiger partial charge in [0, 0.05) is 16.7 Å². The second-order valence-electron chi connectivity index (χ2n) is 4.62. The predicted octanol–water partition coefficient (Wildman–Crippen LogP) is 2.54. The average Bonchev–Trinajstić information content (AvgIpc) is 2.54. The monoisotopic (exact) mass is 310 g/mol. The highest BCUT2D eigenvalue weighted by molar-refractivity contribution is 5.47. The molecular formula is C16H16F2O4. The van der Waals surface area contributed by atoms with Crippen LogP contribution in [0.25, 0.3) is 0 Å². The summed E-state index contributed by atoms with van der Waals surface area (Å²) in [6.45, 7) is -0.910. The van der Waals surface area contributed by atoms with Crippen LogP contribution in [-0.4, -0.2) is 17.3 Å². The molecule has 0 aliphatic carbocycles. The van der Waals surface area contributed by atoms with Crippen molar-refractivity contribution < 1.29 is 28.5 Å². The third-order valence-electron chi connectivity index (χ3n) is 3.17. The predicted molar refractivity (Wildman–Crippen MR) is 75.5 cm³/mol. The Bertz CT molecular complexity index is 634. The first kappa shape index (κ1) is 16.2. The molecule has 118 valence electrons. The molecule has 2 rings (SSSR count). The van der Waals surface area contributed by atoms with E-state index in [2.05, 4.69) is 0 Å². The fourth-order valence-electron chi connectivity index (χ4n) is 2.06. The van der Waals surface area contributed by atoms with Crippen LogP contribution >= 0.6 is 0 Å². The maximum Gasteiger partial charge on any atom is 0.131 e. The highest BCUT2D eigenvalue weighted by Gasteiger charge is 2.13. The summed E-state index contributed by atoms with van der Waals surface area (Å²) < 4.78 is 37.3. The molecule has 0 spiro atoms. The molecule has 0 atom stereocenters. The van der Waals surface area contributed by atoms with Crippen LogP contribution in [0.4, 0.5) is 8.78 Å². The van der Waals surface area contributed by atoms with Crippen molar-refractivity contribution in [3.8, 4) is 11.5 Å². The molecule has 0 saturated carbocycles. The summed E-state index contributed by atoms with van der Waals surface area (Å²) >= 11 is 0. The quantitative estimate of drug-likeness (QED) is 0.861. The van der Waals surface area contributed by atoms with Crippen LogP contribution in [-0.2, 0) is 19.8 Å². The van der Waals surface area contributed by atoms with E-state index in [1.54, 1.807) is 12.1 Å². The Labute approximate surface area is 126 Å². The van der Waals surface area contributed by atoms with Crippen molar-refractivity contribution in [3.63, 3.8) is 0 Å². The highest BCUT2D eigenvalue weighted by atomic mass is 19.1. The molecule has 4 nitrogen and oxygen atoms in total. The molecule has 2 N–H and O–H groups in total. The summed E-state index contributed by atoms with van der Waals surface area (Å²) in [7, 11) is 1.46. The summed E-state index contributed by atoms with van der Waals surface area (Å²) in [5.74, 6) is -0.475. The average molecular weight is 310 g/mol. The minimum atomic E-state index is -0.592. The second kappa shape index (κ2) is 7.20. The van der Waals surface area contributed by atoms with Crippen LogP contribution in [0.3, 0.4) is 0 Å². The Hall–Kier alpha value is -2.18. The van der Waals surface area contributed by atoms with Gasteiger partial charge in [-0.05, 0) is 30.3 Å². The smallest absolute Gasteiger partial charge is 0.131 e. The Kier molecular flexibility index (Phi) is 5.30. The summed E-state index contributed by atoms with van der Waals surface area (Å²) in [5.41, 5.74) is 0.823. The standard InChI is InChI=1S/C16H16F2O4/c1-21-14-5-10(7-19)16(11(6-14)8-20)22-9-12-4-13(17)2-3-15(12)18/h2-6,19-20H,7-9H2,1H3. The Morgan fingerprint density at radius 1 is 0.955 bits per heavy atom. The number of methoxy groups -OCH3 is 1. The van der Waals surface area contributed by atoms with Gasteiger partial charge < -0.3 is 19.7 Å². The van der Waals surface area contributed by atoms with Crippen LogP contribution in [0, 0.1) is 11.6 Å². The van der Waals surface area contributed by atoms with Crippen molar-refractivity contribution in [3.05, 3.63) is 58.7 Å². The zero-order valence-electron chi connectivity index (χ0n) is 12.0. The van der Waals surface area contributed by atoms with E-state index in [9.17, 15) is 19.0 Å². The van der Waals surface area contributed by atoms with Crippen molar-refractivity contribution in [2.75, 3.05) is 7.11 Å². The van der Waals surface area contributed by atoms with E-state index in [1.807, 2.05) is 0 Å². The van der Waals surface area contributed by atoms with Gasteiger partial charge in [0.2, 0.25) is 0 Å². The zero-order chi connectivity index (χ0) is 16.1. The summed E-state index contributed by atoms with van der Waals surface area (Å²) in [4.78, 5) is 0. The number of aliphatic hydroxyl groups is 2.